The van der Waals surface area contributed by atoms with Crippen LogP contribution in [0, 0.1) is 0 Å². The molecule has 12 nitrogen and oxygen atoms in total. The average Bonchev–Trinajstić information content (AvgIpc) is 3.17. The van der Waals surface area contributed by atoms with Crippen molar-refractivity contribution in [2.24, 2.45) is 0 Å². The summed E-state index contributed by atoms with van der Waals surface area (Å²) in [7, 11) is -5.05. The van der Waals surface area contributed by atoms with Crippen molar-refractivity contribution in [2.45, 2.75) is 243 Å². The molecule has 1 heterocycles. The zero-order chi connectivity index (χ0) is 41.1. The minimum absolute atomic E-state index is 0.0441. The fourth-order valence-electron chi connectivity index (χ4n) is 7.26. The first-order chi connectivity index (χ1) is 27.1. The number of unbranched alkanes of at least 4 members (excludes halogenated alkanes) is 27. The fourth-order valence-corrected chi connectivity index (χ4v) is 7.77. The van der Waals surface area contributed by atoms with Gasteiger partial charge in [0.2, 0.25) is 0 Å². The number of aliphatic hydroxyl groups is 3. The lowest BCUT2D eigenvalue weighted by Gasteiger charge is -2.41. The van der Waals surface area contributed by atoms with Gasteiger partial charge >= 0.3 is 16.4 Å². The minimum atomic E-state index is -5.05. The molecule has 0 aromatic heterocycles. The normalized spacial score (nSPS) is 20.7. The lowest BCUT2D eigenvalue weighted by Crippen LogP contribution is -2.60. The Kier molecular flexibility index (Phi) is 34.1. The fraction of sp³-hybridized carbons (Fsp3) is 0.977. The van der Waals surface area contributed by atoms with Gasteiger partial charge in [0.25, 0.3) is 0 Å². The highest BCUT2D eigenvalue weighted by molar-refractivity contribution is 7.80. The van der Waals surface area contributed by atoms with Crippen LogP contribution in [0.4, 0.5) is 0 Å². The van der Waals surface area contributed by atoms with Crippen LogP contribution in [0.25, 0.3) is 0 Å². The number of carbonyl (C=O) groups excluding carboxylic acids is 1. The standard InChI is InChI=1S/C43H84O12S/c1-3-5-7-9-11-13-15-16-17-18-19-20-21-22-24-26-28-30-32-39(45)53-37(35-51-33-31-29-27-25-23-14-12-10-8-6-4-2)36-52-43-41(47)42(55-56(48,49)50)40(46)38(34-44)54-43/h37-38,40-44,46-47H,3-36H2,1-2H3,(H,48,49,50). The highest BCUT2D eigenvalue weighted by Crippen LogP contribution is 2.26. The molecule has 1 aliphatic heterocycles. The second kappa shape index (κ2) is 36.0. The van der Waals surface area contributed by atoms with Gasteiger partial charge in [-0.05, 0) is 12.8 Å². The monoisotopic (exact) mass is 825 g/mol. The molecule has 13 heteroatoms. The number of ether oxygens (including phenoxy) is 4. The Bertz CT molecular complexity index is 999. The van der Waals surface area contributed by atoms with E-state index in [9.17, 15) is 28.5 Å². The van der Waals surface area contributed by atoms with Gasteiger partial charge in [-0.1, -0.05) is 187 Å². The molecule has 6 atom stereocenters. The van der Waals surface area contributed by atoms with Crippen molar-refractivity contribution in [3.8, 4) is 0 Å². The van der Waals surface area contributed by atoms with E-state index < -0.39 is 59.8 Å². The van der Waals surface area contributed by atoms with Crippen LogP contribution in [-0.4, -0.2) is 97.5 Å². The van der Waals surface area contributed by atoms with Gasteiger partial charge in [0.05, 0.1) is 19.8 Å². The molecule has 6 unspecified atom stereocenters. The third-order valence-corrected chi connectivity index (χ3v) is 11.2. The Morgan fingerprint density at radius 2 is 1.02 bits per heavy atom. The molecule has 0 amide bonds. The zero-order valence-corrected chi connectivity index (χ0v) is 36.3. The lowest BCUT2D eigenvalue weighted by atomic mass is 9.99. The highest BCUT2D eigenvalue weighted by atomic mass is 32.3. The second-order valence-electron chi connectivity index (χ2n) is 16.0. The van der Waals surface area contributed by atoms with Gasteiger partial charge in [0.15, 0.2) is 6.29 Å². The number of esters is 1. The Morgan fingerprint density at radius 1 is 0.607 bits per heavy atom. The predicted octanol–water partition coefficient (Wildman–Crippen LogP) is 9.30. The van der Waals surface area contributed by atoms with Gasteiger partial charge in [0, 0.05) is 13.0 Å². The van der Waals surface area contributed by atoms with Crippen LogP contribution in [0.3, 0.4) is 0 Å². The summed E-state index contributed by atoms with van der Waals surface area (Å²) in [6.07, 6.45) is 27.1. The Hall–Kier alpha value is -0.900. The van der Waals surface area contributed by atoms with Crippen molar-refractivity contribution in [1.82, 2.24) is 0 Å². The van der Waals surface area contributed by atoms with Gasteiger partial charge in [-0.3, -0.25) is 9.35 Å². The molecule has 1 fully saturated rings. The van der Waals surface area contributed by atoms with E-state index in [1.54, 1.807) is 0 Å². The Balaban J connectivity index is 2.39. The van der Waals surface area contributed by atoms with Gasteiger partial charge in [0.1, 0.15) is 30.5 Å². The van der Waals surface area contributed by atoms with E-state index in [-0.39, 0.29) is 19.6 Å². The van der Waals surface area contributed by atoms with E-state index in [0.717, 1.165) is 38.5 Å². The molecule has 0 aromatic carbocycles. The molecule has 1 saturated heterocycles. The van der Waals surface area contributed by atoms with E-state index >= 15 is 0 Å². The maximum absolute atomic E-state index is 12.8. The van der Waals surface area contributed by atoms with Gasteiger partial charge in [-0.15, -0.1) is 0 Å². The van der Waals surface area contributed by atoms with Crippen molar-refractivity contribution in [1.29, 1.82) is 0 Å². The van der Waals surface area contributed by atoms with Crippen LogP contribution in [0.5, 0.6) is 0 Å². The topological polar surface area (TPSA) is 178 Å². The first-order valence-corrected chi connectivity index (χ1v) is 24.2. The van der Waals surface area contributed by atoms with Gasteiger partial charge in [-0.25, -0.2) is 4.18 Å². The molecule has 0 bridgehead atoms. The molecule has 0 radical (unpaired) electrons. The molecule has 1 rings (SSSR count). The highest BCUT2D eigenvalue weighted by Gasteiger charge is 2.48. The van der Waals surface area contributed by atoms with E-state index in [4.69, 9.17) is 23.5 Å². The van der Waals surface area contributed by atoms with Crippen molar-refractivity contribution >= 4 is 16.4 Å². The number of hydrogen-bond acceptors (Lipinski definition) is 11. The smallest absolute Gasteiger partial charge is 0.397 e. The van der Waals surface area contributed by atoms with Crippen LogP contribution in [-0.2, 0) is 38.3 Å². The van der Waals surface area contributed by atoms with Crippen molar-refractivity contribution in [3.63, 3.8) is 0 Å². The van der Waals surface area contributed by atoms with Crippen molar-refractivity contribution < 1.29 is 56.2 Å². The van der Waals surface area contributed by atoms with Crippen LogP contribution < -0.4 is 0 Å². The lowest BCUT2D eigenvalue weighted by molar-refractivity contribution is -0.301. The van der Waals surface area contributed by atoms with E-state index in [1.165, 1.54) is 141 Å². The third kappa shape index (κ3) is 29.3. The largest absolute Gasteiger partial charge is 0.457 e. The molecule has 0 spiro atoms. The van der Waals surface area contributed by atoms with Crippen LogP contribution >= 0.6 is 0 Å². The summed E-state index contributed by atoms with van der Waals surface area (Å²) in [6, 6.07) is 0. The van der Waals surface area contributed by atoms with Crippen LogP contribution in [0.2, 0.25) is 0 Å². The molecule has 0 aromatic rings. The predicted molar refractivity (Wildman–Crippen MR) is 221 cm³/mol. The maximum Gasteiger partial charge on any atom is 0.397 e. The summed E-state index contributed by atoms with van der Waals surface area (Å²) in [6.45, 7) is 4.02. The number of carbonyl (C=O) groups is 1. The molecule has 4 N–H and O–H groups in total. The molecule has 0 aliphatic carbocycles. The molecule has 334 valence electrons. The number of aliphatic hydroxyl groups excluding tert-OH is 3. The summed E-state index contributed by atoms with van der Waals surface area (Å²) in [5, 5.41) is 30.6. The second-order valence-corrected chi connectivity index (χ2v) is 17.1. The third-order valence-electron chi connectivity index (χ3n) is 10.7. The Morgan fingerprint density at radius 3 is 1.43 bits per heavy atom. The summed E-state index contributed by atoms with van der Waals surface area (Å²) in [5.74, 6) is -0.394. The summed E-state index contributed by atoms with van der Waals surface area (Å²) >= 11 is 0. The van der Waals surface area contributed by atoms with E-state index in [2.05, 4.69) is 18.0 Å². The minimum Gasteiger partial charge on any atom is -0.457 e. The molecule has 56 heavy (non-hydrogen) atoms. The van der Waals surface area contributed by atoms with E-state index in [1.807, 2.05) is 0 Å². The van der Waals surface area contributed by atoms with E-state index in [0.29, 0.717) is 13.0 Å². The number of rotatable bonds is 40. The molecule has 0 saturated carbocycles. The zero-order valence-electron chi connectivity index (χ0n) is 35.5. The molecular formula is C43H84O12S. The molecule has 1 aliphatic rings. The summed E-state index contributed by atoms with van der Waals surface area (Å²) in [5.41, 5.74) is 0. The van der Waals surface area contributed by atoms with Crippen LogP contribution in [0.15, 0.2) is 0 Å². The summed E-state index contributed by atoms with van der Waals surface area (Å²) in [4.78, 5) is 12.8. The van der Waals surface area contributed by atoms with Crippen molar-refractivity contribution in [3.05, 3.63) is 0 Å². The number of hydrogen-bond donors (Lipinski definition) is 4. The first-order valence-electron chi connectivity index (χ1n) is 22.8. The SMILES string of the molecule is CCCCCCCCCCCCCCCCCCCCC(=O)OC(COCCCCCCCCCCCCC)COC1OC(CO)C(O)C(OS(=O)(=O)O)C1O. The van der Waals surface area contributed by atoms with Crippen LogP contribution in [0.1, 0.15) is 206 Å². The van der Waals surface area contributed by atoms with Gasteiger partial charge in [-0.2, -0.15) is 8.42 Å². The van der Waals surface area contributed by atoms with Gasteiger partial charge < -0.3 is 34.3 Å². The molecular weight excluding hydrogens is 741 g/mol. The summed E-state index contributed by atoms with van der Waals surface area (Å²) < 4.78 is 59.0. The Labute approximate surface area is 341 Å². The first kappa shape index (κ1) is 53.1. The maximum atomic E-state index is 12.8. The van der Waals surface area contributed by atoms with Crippen molar-refractivity contribution in [2.75, 3.05) is 26.4 Å². The average molecular weight is 825 g/mol. The quantitative estimate of drug-likeness (QED) is 0.0262.